The molecular weight excluding hydrogens is 400 g/mol. The molecule has 3 nitrogen and oxygen atoms in total. The van der Waals surface area contributed by atoms with E-state index in [4.69, 9.17) is 9.47 Å². The smallest absolute Gasteiger partial charge is 0.198 e. The van der Waals surface area contributed by atoms with Crippen molar-refractivity contribution in [1.82, 2.24) is 0 Å². The highest BCUT2D eigenvalue weighted by Gasteiger charge is 2.20. The van der Waals surface area contributed by atoms with Crippen LogP contribution in [0.15, 0.2) is 39.3 Å². The number of aryl methyl sites for hydroxylation is 1. The molecule has 0 saturated carbocycles. The third kappa shape index (κ3) is 3.14. The Kier molecular flexibility index (Phi) is 5.06. The van der Waals surface area contributed by atoms with Gasteiger partial charge in [-0.25, -0.2) is 0 Å². The highest BCUT2D eigenvalue weighted by molar-refractivity contribution is 9.11. The molecule has 0 aliphatic heterocycles. The summed E-state index contributed by atoms with van der Waals surface area (Å²) in [5.74, 6) is 0.970. The van der Waals surface area contributed by atoms with Crippen molar-refractivity contribution in [1.29, 1.82) is 0 Å². The molecule has 0 heterocycles. The number of benzene rings is 2. The minimum atomic E-state index is -0.117. The normalized spacial score (nSPS) is 10.3. The molecule has 0 unspecified atom stereocenters. The second-order valence-corrected chi connectivity index (χ2v) is 6.10. The zero-order valence-corrected chi connectivity index (χ0v) is 15.0. The third-order valence-electron chi connectivity index (χ3n) is 3.15. The fourth-order valence-corrected chi connectivity index (χ4v) is 2.93. The second kappa shape index (κ2) is 6.62. The van der Waals surface area contributed by atoms with Gasteiger partial charge in [0.15, 0.2) is 5.78 Å². The van der Waals surface area contributed by atoms with Crippen LogP contribution in [0.4, 0.5) is 0 Å². The Bertz CT molecular complexity index is 696. The maximum absolute atomic E-state index is 12.8. The van der Waals surface area contributed by atoms with Gasteiger partial charge in [0.25, 0.3) is 0 Å². The van der Waals surface area contributed by atoms with Crippen LogP contribution in [0.3, 0.4) is 0 Å². The standard InChI is InChI=1S/C16H14Br2O3/c1-9-5-4-6-10(15(9)18)16(19)11-7-14(21-3)12(17)8-13(11)20-2/h4-8H,1-3H3. The van der Waals surface area contributed by atoms with Gasteiger partial charge < -0.3 is 9.47 Å². The van der Waals surface area contributed by atoms with Crippen LogP contribution in [0.25, 0.3) is 0 Å². The number of hydrogen-bond acceptors (Lipinski definition) is 3. The summed E-state index contributed by atoms with van der Waals surface area (Å²) < 4.78 is 12.1. The van der Waals surface area contributed by atoms with E-state index in [9.17, 15) is 4.79 Å². The van der Waals surface area contributed by atoms with Gasteiger partial charge in [-0.3, -0.25) is 4.79 Å². The molecule has 0 amide bonds. The summed E-state index contributed by atoms with van der Waals surface area (Å²) in [7, 11) is 3.10. The maximum Gasteiger partial charge on any atom is 0.198 e. The van der Waals surface area contributed by atoms with E-state index in [-0.39, 0.29) is 5.78 Å². The lowest BCUT2D eigenvalue weighted by Crippen LogP contribution is -2.06. The van der Waals surface area contributed by atoms with Gasteiger partial charge in [0.1, 0.15) is 11.5 Å². The first kappa shape index (κ1) is 16.0. The number of methoxy groups -OCH3 is 2. The zero-order valence-electron chi connectivity index (χ0n) is 11.9. The van der Waals surface area contributed by atoms with E-state index in [0.29, 0.717) is 22.6 Å². The van der Waals surface area contributed by atoms with Crippen molar-refractivity contribution in [2.75, 3.05) is 14.2 Å². The molecule has 0 bridgehead atoms. The van der Waals surface area contributed by atoms with Crippen molar-refractivity contribution in [3.05, 3.63) is 56.0 Å². The van der Waals surface area contributed by atoms with Crippen LogP contribution in [0.5, 0.6) is 11.5 Å². The third-order valence-corrected chi connectivity index (χ3v) is 4.83. The molecule has 0 aliphatic rings. The van der Waals surface area contributed by atoms with E-state index in [0.717, 1.165) is 14.5 Å². The lowest BCUT2D eigenvalue weighted by atomic mass is 10.0. The van der Waals surface area contributed by atoms with Crippen molar-refractivity contribution in [2.24, 2.45) is 0 Å². The first-order valence-electron chi connectivity index (χ1n) is 6.21. The predicted octanol–water partition coefficient (Wildman–Crippen LogP) is 4.77. The quantitative estimate of drug-likeness (QED) is 0.677. The minimum absolute atomic E-state index is 0.117. The van der Waals surface area contributed by atoms with E-state index >= 15 is 0 Å². The van der Waals surface area contributed by atoms with Crippen molar-refractivity contribution >= 4 is 37.6 Å². The highest BCUT2D eigenvalue weighted by Crippen LogP contribution is 2.35. The molecular formula is C16H14Br2O3. The van der Waals surface area contributed by atoms with E-state index in [1.54, 1.807) is 25.3 Å². The van der Waals surface area contributed by atoms with Crippen LogP contribution in [-0.2, 0) is 0 Å². The van der Waals surface area contributed by atoms with Crippen LogP contribution < -0.4 is 9.47 Å². The molecule has 0 fully saturated rings. The molecule has 0 aliphatic carbocycles. The lowest BCUT2D eigenvalue weighted by Gasteiger charge is -2.13. The van der Waals surface area contributed by atoms with Gasteiger partial charge in [-0.15, -0.1) is 0 Å². The van der Waals surface area contributed by atoms with Crippen LogP contribution >= 0.6 is 31.9 Å². The van der Waals surface area contributed by atoms with Crippen molar-refractivity contribution in [2.45, 2.75) is 6.92 Å². The minimum Gasteiger partial charge on any atom is -0.496 e. The van der Waals surface area contributed by atoms with Gasteiger partial charge in [-0.1, -0.05) is 12.1 Å². The number of carbonyl (C=O) groups excluding carboxylic acids is 1. The van der Waals surface area contributed by atoms with Gasteiger partial charge in [-0.05, 0) is 62.5 Å². The molecule has 0 spiro atoms. The SMILES string of the molecule is COc1cc(C(=O)c2cccc(C)c2Br)c(OC)cc1Br. The first-order valence-corrected chi connectivity index (χ1v) is 7.79. The van der Waals surface area contributed by atoms with Crippen LogP contribution in [0, 0.1) is 6.92 Å². The summed E-state index contributed by atoms with van der Waals surface area (Å²) >= 11 is 6.86. The molecule has 5 heteroatoms. The highest BCUT2D eigenvalue weighted by atomic mass is 79.9. The first-order chi connectivity index (χ1) is 9.99. The zero-order chi connectivity index (χ0) is 15.6. The lowest BCUT2D eigenvalue weighted by molar-refractivity contribution is 0.103. The molecule has 21 heavy (non-hydrogen) atoms. The largest absolute Gasteiger partial charge is 0.496 e. The Labute approximate surface area is 140 Å². The molecule has 0 atom stereocenters. The summed E-state index contributed by atoms with van der Waals surface area (Å²) in [5.41, 5.74) is 2.06. The number of rotatable bonds is 4. The summed E-state index contributed by atoms with van der Waals surface area (Å²) in [6.07, 6.45) is 0. The summed E-state index contributed by atoms with van der Waals surface area (Å²) in [4.78, 5) is 12.8. The molecule has 0 aromatic heterocycles. The number of halogens is 2. The van der Waals surface area contributed by atoms with Gasteiger partial charge in [0.2, 0.25) is 0 Å². The monoisotopic (exact) mass is 412 g/mol. The molecule has 0 N–H and O–H groups in total. The number of hydrogen-bond donors (Lipinski definition) is 0. The van der Waals surface area contributed by atoms with E-state index in [1.807, 2.05) is 19.1 Å². The Morgan fingerprint density at radius 3 is 2.29 bits per heavy atom. The molecule has 0 radical (unpaired) electrons. The van der Waals surface area contributed by atoms with Crippen LogP contribution in [0.2, 0.25) is 0 Å². The summed E-state index contributed by atoms with van der Waals surface area (Å²) in [6.45, 7) is 1.94. The average molecular weight is 414 g/mol. The van der Waals surface area contributed by atoms with Gasteiger partial charge in [0.05, 0.1) is 24.3 Å². The molecule has 2 rings (SSSR count). The van der Waals surface area contributed by atoms with Crippen molar-refractivity contribution < 1.29 is 14.3 Å². The average Bonchev–Trinajstić information content (AvgIpc) is 2.49. The number of ketones is 1. The Morgan fingerprint density at radius 1 is 1.00 bits per heavy atom. The van der Waals surface area contributed by atoms with Gasteiger partial charge in [-0.2, -0.15) is 0 Å². The van der Waals surface area contributed by atoms with Crippen molar-refractivity contribution in [3.63, 3.8) is 0 Å². The Balaban J connectivity index is 2.60. The molecule has 110 valence electrons. The fraction of sp³-hybridized carbons (Fsp3) is 0.188. The van der Waals surface area contributed by atoms with Gasteiger partial charge in [0, 0.05) is 10.0 Å². The van der Waals surface area contributed by atoms with Crippen LogP contribution in [0.1, 0.15) is 21.5 Å². The van der Waals surface area contributed by atoms with E-state index in [1.165, 1.54) is 7.11 Å². The maximum atomic E-state index is 12.8. The second-order valence-electron chi connectivity index (χ2n) is 4.45. The number of ether oxygens (including phenoxy) is 2. The van der Waals surface area contributed by atoms with Crippen molar-refractivity contribution in [3.8, 4) is 11.5 Å². The summed E-state index contributed by atoms with van der Waals surface area (Å²) in [6, 6.07) is 9.00. The Morgan fingerprint density at radius 2 is 1.67 bits per heavy atom. The summed E-state index contributed by atoms with van der Waals surface area (Å²) in [5, 5.41) is 0. The topological polar surface area (TPSA) is 35.5 Å². The fourth-order valence-electron chi connectivity index (χ4n) is 2.01. The molecule has 0 saturated heterocycles. The van der Waals surface area contributed by atoms with Crippen LogP contribution in [-0.4, -0.2) is 20.0 Å². The predicted molar refractivity (Wildman–Crippen MR) is 89.6 cm³/mol. The molecule has 2 aromatic carbocycles. The van der Waals surface area contributed by atoms with Gasteiger partial charge >= 0.3 is 0 Å². The van der Waals surface area contributed by atoms with E-state index in [2.05, 4.69) is 31.9 Å². The van der Waals surface area contributed by atoms with E-state index < -0.39 is 0 Å². The number of carbonyl (C=O) groups is 1. The molecule has 2 aromatic rings. The Hall–Kier alpha value is -1.33.